The molecule has 1 aliphatic rings. The first kappa shape index (κ1) is 7.77. The standard InChI is InChI=1S/C10H14N2/c1-8-2-4-9(5-3-8)10(11)6-12-7-10/h2-5,12H,6-7,11H2,1H3. The molecule has 1 aliphatic heterocycles. The second-order valence-electron chi connectivity index (χ2n) is 3.63. The van der Waals surface area contributed by atoms with Crippen molar-refractivity contribution in [3.8, 4) is 0 Å². The summed E-state index contributed by atoms with van der Waals surface area (Å²) < 4.78 is 0. The first-order valence-electron chi connectivity index (χ1n) is 4.27. The van der Waals surface area contributed by atoms with Gasteiger partial charge in [0.25, 0.3) is 0 Å². The molecule has 0 aromatic heterocycles. The molecule has 1 fully saturated rings. The minimum atomic E-state index is -0.103. The van der Waals surface area contributed by atoms with E-state index in [1.165, 1.54) is 11.1 Å². The lowest BCUT2D eigenvalue weighted by Gasteiger charge is -2.39. The molecular weight excluding hydrogens is 148 g/mol. The Balaban J connectivity index is 2.28. The van der Waals surface area contributed by atoms with E-state index in [9.17, 15) is 0 Å². The van der Waals surface area contributed by atoms with Crippen LogP contribution in [0, 0.1) is 6.92 Å². The zero-order valence-corrected chi connectivity index (χ0v) is 7.30. The number of hydrogen-bond acceptors (Lipinski definition) is 2. The number of rotatable bonds is 1. The van der Waals surface area contributed by atoms with Crippen LogP contribution < -0.4 is 11.1 Å². The van der Waals surface area contributed by atoms with Crippen molar-refractivity contribution in [1.29, 1.82) is 0 Å². The van der Waals surface area contributed by atoms with Crippen LogP contribution in [-0.4, -0.2) is 13.1 Å². The molecule has 64 valence electrons. The molecule has 1 heterocycles. The zero-order valence-electron chi connectivity index (χ0n) is 7.30. The maximum Gasteiger partial charge on any atom is 0.0662 e. The third-order valence-electron chi connectivity index (χ3n) is 2.51. The molecule has 2 rings (SSSR count). The lowest BCUT2D eigenvalue weighted by atomic mass is 9.85. The minimum absolute atomic E-state index is 0.103. The molecule has 1 saturated heterocycles. The highest BCUT2D eigenvalue weighted by molar-refractivity contribution is 5.30. The third-order valence-corrected chi connectivity index (χ3v) is 2.51. The smallest absolute Gasteiger partial charge is 0.0662 e. The van der Waals surface area contributed by atoms with Gasteiger partial charge in [0.1, 0.15) is 0 Å². The molecule has 0 saturated carbocycles. The summed E-state index contributed by atoms with van der Waals surface area (Å²) in [5, 5.41) is 3.19. The van der Waals surface area contributed by atoms with Crippen LogP contribution in [0.15, 0.2) is 24.3 Å². The molecule has 0 bridgehead atoms. The van der Waals surface area contributed by atoms with E-state index in [0.717, 1.165) is 13.1 Å². The Hall–Kier alpha value is -0.860. The van der Waals surface area contributed by atoms with Crippen LogP contribution in [0.1, 0.15) is 11.1 Å². The summed E-state index contributed by atoms with van der Waals surface area (Å²) in [6.45, 7) is 3.89. The molecule has 0 unspecified atom stereocenters. The fourth-order valence-electron chi connectivity index (χ4n) is 1.48. The van der Waals surface area contributed by atoms with Crippen molar-refractivity contribution in [2.75, 3.05) is 13.1 Å². The molecule has 2 heteroatoms. The summed E-state index contributed by atoms with van der Waals surface area (Å²) in [6, 6.07) is 8.47. The quantitative estimate of drug-likeness (QED) is 0.639. The second-order valence-corrected chi connectivity index (χ2v) is 3.63. The molecule has 12 heavy (non-hydrogen) atoms. The number of nitrogens with two attached hydrogens (primary N) is 1. The van der Waals surface area contributed by atoms with Gasteiger partial charge >= 0.3 is 0 Å². The van der Waals surface area contributed by atoms with Crippen molar-refractivity contribution in [3.05, 3.63) is 35.4 Å². The van der Waals surface area contributed by atoms with Crippen LogP contribution in [0.4, 0.5) is 0 Å². The maximum atomic E-state index is 6.11. The average Bonchev–Trinajstić information content (AvgIpc) is 2.02. The highest BCUT2D eigenvalue weighted by Gasteiger charge is 2.33. The summed E-state index contributed by atoms with van der Waals surface area (Å²) in [5.74, 6) is 0. The topological polar surface area (TPSA) is 38.0 Å². The molecule has 0 spiro atoms. The van der Waals surface area contributed by atoms with Crippen molar-refractivity contribution in [3.63, 3.8) is 0 Å². The van der Waals surface area contributed by atoms with E-state index in [1.807, 2.05) is 0 Å². The van der Waals surface area contributed by atoms with E-state index in [2.05, 4.69) is 36.5 Å². The monoisotopic (exact) mass is 162 g/mol. The highest BCUT2D eigenvalue weighted by Crippen LogP contribution is 2.22. The summed E-state index contributed by atoms with van der Waals surface area (Å²) in [5.41, 5.74) is 8.54. The van der Waals surface area contributed by atoms with Crippen LogP contribution >= 0.6 is 0 Å². The molecule has 0 radical (unpaired) electrons. The first-order chi connectivity index (χ1) is 5.71. The summed E-state index contributed by atoms with van der Waals surface area (Å²) >= 11 is 0. The molecular formula is C10H14N2. The van der Waals surface area contributed by atoms with Gasteiger partial charge < -0.3 is 11.1 Å². The van der Waals surface area contributed by atoms with Crippen molar-refractivity contribution >= 4 is 0 Å². The Morgan fingerprint density at radius 1 is 1.25 bits per heavy atom. The van der Waals surface area contributed by atoms with Crippen molar-refractivity contribution in [1.82, 2.24) is 5.32 Å². The van der Waals surface area contributed by atoms with Crippen LogP contribution in [-0.2, 0) is 5.54 Å². The molecule has 1 aromatic rings. The van der Waals surface area contributed by atoms with Gasteiger partial charge in [-0.15, -0.1) is 0 Å². The molecule has 1 aromatic carbocycles. The Bertz CT molecular complexity index is 272. The first-order valence-corrected chi connectivity index (χ1v) is 4.27. The molecule has 0 aliphatic carbocycles. The van der Waals surface area contributed by atoms with E-state index in [0.29, 0.717) is 0 Å². The van der Waals surface area contributed by atoms with Gasteiger partial charge in [-0.2, -0.15) is 0 Å². The van der Waals surface area contributed by atoms with Gasteiger partial charge in [-0.25, -0.2) is 0 Å². The second kappa shape index (κ2) is 2.57. The lowest BCUT2D eigenvalue weighted by molar-refractivity contribution is 0.287. The van der Waals surface area contributed by atoms with Crippen molar-refractivity contribution < 1.29 is 0 Å². The van der Waals surface area contributed by atoms with Gasteiger partial charge in [0.15, 0.2) is 0 Å². The Kier molecular flexibility index (Phi) is 1.67. The highest BCUT2D eigenvalue weighted by atomic mass is 15.1. The Morgan fingerprint density at radius 3 is 2.25 bits per heavy atom. The third kappa shape index (κ3) is 1.13. The summed E-state index contributed by atoms with van der Waals surface area (Å²) in [6.07, 6.45) is 0. The van der Waals surface area contributed by atoms with Gasteiger partial charge in [-0.3, -0.25) is 0 Å². The van der Waals surface area contributed by atoms with E-state index in [-0.39, 0.29) is 5.54 Å². The van der Waals surface area contributed by atoms with Gasteiger partial charge in [0, 0.05) is 13.1 Å². The van der Waals surface area contributed by atoms with Crippen LogP contribution in [0.3, 0.4) is 0 Å². The van der Waals surface area contributed by atoms with E-state index < -0.39 is 0 Å². The molecule has 2 nitrogen and oxygen atoms in total. The maximum absolute atomic E-state index is 6.11. The SMILES string of the molecule is Cc1ccc(C2(N)CNC2)cc1. The van der Waals surface area contributed by atoms with Crippen LogP contribution in [0.2, 0.25) is 0 Å². The normalized spacial score (nSPS) is 20.2. The number of benzene rings is 1. The predicted molar refractivity (Wildman–Crippen MR) is 49.9 cm³/mol. The summed E-state index contributed by atoms with van der Waals surface area (Å²) in [7, 11) is 0. The van der Waals surface area contributed by atoms with Gasteiger partial charge in [0.05, 0.1) is 5.54 Å². The Labute approximate surface area is 72.8 Å². The summed E-state index contributed by atoms with van der Waals surface area (Å²) in [4.78, 5) is 0. The average molecular weight is 162 g/mol. The van der Waals surface area contributed by atoms with Crippen LogP contribution in [0.5, 0.6) is 0 Å². The Morgan fingerprint density at radius 2 is 1.83 bits per heavy atom. The predicted octanol–water partition coefficient (Wildman–Crippen LogP) is 0.752. The van der Waals surface area contributed by atoms with E-state index >= 15 is 0 Å². The minimum Gasteiger partial charge on any atom is -0.319 e. The van der Waals surface area contributed by atoms with E-state index in [4.69, 9.17) is 5.73 Å². The van der Waals surface area contributed by atoms with Gasteiger partial charge in [0.2, 0.25) is 0 Å². The molecule has 0 amide bonds. The largest absolute Gasteiger partial charge is 0.319 e. The molecule has 0 atom stereocenters. The van der Waals surface area contributed by atoms with E-state index in [1.54, 1.807) is 0 Å². The van der Waals surface area contributed by atoms with Gasteiger partial charge in [-0.05, 0) is 12.5 Å². The van der Waals surface area contributed by atoms with Gasteiger partial charge in [-0.1, -0.05) is 29.8 Å². The van der Waals surface area contributed by atoms with Crippen LogP contribution in [0.25, 0.3) is 0 Å². The fourth-order valence-corrected chi connectivity index (χ4v) is 1.48. The number of nitrogens with one attached hydrogen (secondary N) is 1. The fraction of sp³-hybridized carbons (Fsp3) is 0.400. The lowest BCUT2D eigenvalue weighted by Crippen LogP contribution is -2.62. The zero-order chi connectivity index (χ0) is 8.60. The van der Waals surface area contributed by atoms with Crippen molar-refractivity contribution in [2.24, 2.45) is 5.73 Å². The molecule has 3 N–H and O–H groups in total. The van der Waals surface area contributed by atoms with Crippen molar-refractivity contribution in [2.45, 2.75) is 12.5 Å². The number of hydrogen-bond donors (Lipinski definition) is 2. The number of aryl methyl sites for hydroxylation is 1.